The summed E-state index contributed by atoms with van der Waals surface area (Å²) in [5, 5.41) is 1.64. The van der Waals surface area contributed by atoms with Crippen LogP contribution in [0, 0.1) is 0 Å². The molecule has 2 unspecified atom stereocenters. The van der Waals surface area contributed by atoms with E-state index in [4.69, 9.17) is 4.74 Å². The van der Waals surface area contributed by atoms with Gasteiger partial charge >= 0.3 is 0 Å². The van der Waals surface area contributed by atoms with Crippen LogP contribution in [0.4, 0.5) is 0 Å². The van der Waals surface area contributed by atoms with Crippen LogP contribution in [0.2, 0.25) is 0 Å². The van der Waals surface area contributed by atoms with Gasteiger partial charge in [-0.25, -0.2) is 0 Å². The highest BCUT2D eigenvalue weighted by atomic mass is 32.2. The molecule has 0 amide bonds. The summed E-state index contributed by atoms with van der Waals surface area (Å²) in [5.74, 6) is 0.987. The Bertz CT molecular complexity index is 293. The van der Waals surface area contributed by atoms with Crippen LogP contribution in [-0.4, -0.2) is 22.9 Å². The molecule has 2 atom stereocenters. The van der Waals surface area contributed by atoms with Gasteiger partial charge in [0.15, 0.2) is 0 Å². The molecule has 0 aromatic heterocycles. The lowest BCUT2D eigenvalue weighted by atomic mass is 10.1. The Hall–Kier alpha value is -0.700. The highest BCUT2D eigenvalue weighted by molar-refractivity contribution is 8.14. The van der Waals surface area contributed by atoms with E-state index in [1.807, 2.05) is 24.8 Å². The van der Waals surface area contributed by atoms with Gasteiger partial charge in [-0.3, -0.25) is 4.99 Å². The second kappa shape index (κ2) is 3.58. The van der Waals surface area contributed by atoms with Crippen molar-refractivity contribution in [2.75, 3.05) is 6.61 Å². The molecule has 0 spiro atoms. The summed E-state index contributed by atoms with van der Waals surface area (Å²) >= 11 is 1.82. The fourth-order valence-corrected chi connectivity index (χ4v) is 2.61. The monoisotopic (exact) mass is 195 g/mol. The van der Waals surface area contributed by atoms with Crippen LogP contribution in [-0.2, 0) is 4.74 Å². The first kappa shape index (κ1) is 8.88. The summed E-state index contributed by atoms with van der Waals surface area (Å²) in [5.41, 5.74) is 0. The fraction of sp³-hybridized carbons (Fsp3) is 0.500. The fourth-order valence-electron chi connectivity index (χ4n) is 1.54. The predicted octanol–water partition coefficient (Wildman–Crippen LogP) is 2.38. The molecular formula is C10H13NOS. The topological polar surface area (TPSA) is 21.6 Å². The van der Waals surface area contributed by atoms with Crippen LogP contribution in [0.15, 0.2) is 29.0 Å². The SMILES string of the molecule is CCOC1=CC2SC(C)=NC2C=C1. The predicted molar refractivity (Wildman–Crippen MR) is 57.1 cm³/mol. The Kier molecular flexibility index (Phi) is 2.44. The smallest absolute Gasteiger partial charge is 0.116 e. The van der Waals surface area contributed by atoms with Gasteiger partial charge in [-0.15, -0.1) is 11.8 Å². The maximum atomic E-state index is 5.44. The Morgan fingerprint density at radius 3 is 3.23 bits per heavy atom. The maximum absolute atomic E-state index is 5.44. The van der Waals surface area contributed by atoms with Gasteiger partial charge in [0.05, 0.1) is 22.9 Å². The number of thioether (sulfide) groups is 1. The van der Waals surface area contributed by atoms with E-state index >= 15 is 0 Å². The number of allylic oxidation sites excluding steroid dienone is 1. The molecule has 0 aromatic carbocycles. The van der Waals surface area contributed by atoms with Crippen molar-refractivity contribution in [1.29, 1.82) is 0 Å². The summed E-state index contributed by atoms with van der Waals surface area (Å²) < 4.78 is 5.44. The molecule has 0 bridgehead atoms. The average molecular weight is 195 g/mol. The van der Waals surface area contributed by atoms with Crippen LogP contribution >= 0.6 is 11.8 Å². The molecule has 0 fully saturated rings. The number of hydrogen-bond acceptors (Lipinski definition) is 3. The molecule has 2 aliphatic rings. The first-order valence-electron chi connectivity index (χ1n) is 4.53. The molecule has 0 saturated heterocycles. The zero-order valence-corrected chi connectivity index (χ0v) is 8.67. The minimum atomic E-state index is 0.342. The largest absolute Gasteiger partial charge is 0.494 e. The first-order valence-corrected chi connectivity index (χ1v) is 5.41. The molecule has 3 heteroatoms. The first-order chi connectivity index (χ1) is 6.29. The van der Waals surface area contributed by atoms with Crippen LogP contribution in [0.1, 0.15) is 13.8 Å². The van der Waals surface area contributed by atoms with E-state index in [-0.39, 0.29) is 0 Å². The number of ether oxygens (including phenoxy) is 1. The van der Waals surface area contributed by atoms with Crippen molar-refractivity contribution < 1.29 is 4.74 Å². The second-order valence-corrected chi connectivity index (χ2v) is 4.45. The van der Waals surface area contributed by atoms with E-state index in [1.54, 1.807) is 0 Å². The molecule has 70 valence electrons. The standard InChI is InChI=1S/C10H13NOS/c1-3-12-8-4-5-9-10(6-8)13-7(2)11-9/h4-6,9-10H,3H2,1-2H3. The van der Waals surface area contributed by atoms with Crippen molar-refractivity contribution in [2.45, 2.75) is 25.1 Å². The number of aliphatic imine (C=N–C) groups is 1. The summed E-state index contributed by atoms with van der Waals surface area (Å²) in [6.07, 6.45) is 6.31. The average Bonchev–Trinajstić information content (AvgIpc) is 2.44. The summed E-state index contributed by atoms with van der Waals surface area (Å²) in [4.78, 5) is 4.50. The Labute approximate surface area is 82.8 Å². The van der Waals surface area contributed by atoms with Gasteiger partial charge in [-0.05, 0) is 26.0 Å². The van der Waals surface area contributed by atoms with Crippen molar-refractivity contribution >= 4 is 16.8 Å². The Balaban J connectivity index is 2.09. The molecule has 1 aliphatic heterocycles. The van der Waals surface area contributed by atoms with E-state index in [1.165, 1.54) is 5.04 Å². The minimum Gasteiger partial charge on any atom is -0.494 e. The quantitative estimate of drug-likeness (QED) is 0.674. The van der Waals surface area contributed by atoms with Crippen molar-refractivity contribution in [3.8, 4) is 0 Å². The van der Waals surface area contributed by atoms with Crippen molar-refractivity contribution in [2.24, 2.45) is 4.99 Å². The van der Waals surface area contributed by atoms with Gasteiger partial charge in [0.25, 0.3) is 0 Å². The molecule has 13 heavy (non-hydrogen) atoms. The van der Waals surface area contributed by atoms with Crippen LogP contribution in [0.25, 0.3) is 0 Å². The third kappa shape index (κ3) is 1.80. The van der Waals surface area contributed by atoms with Gasteiger partial charge in [0.2, 0.25) is 0 Å². The minimum absolute atomic E-state index is 0.342. The lowest BCUT2D eigenvalue weighted by Gasteiger charge is -2.16. The van der Waals surface area contributed by atoms with Gasteiger partial charge in [-0.1, -0.05) is 6.08 Å². The van der Waals surface area contributed by atoms with E-state index in [0.717, 1.165) is 12.4 Å². The van der Waals surface area contributed by atoms with Gasteiger partial charge in [-0.2, -0.15) is 0 Å². The third-order valence-electron chi connectivity index (χ3n) is 2.07. The Morgan fingerprint density at radius 1 is 1.62 bits per heavy atom. The number of rotatable bonds is 2. The van der Waals surface area contributed by atoms with E-state index < -0.39 is 0 Å². The molecule has 1 aliphatic carbocycles. The summed E-state index contributed by atoms with van der Waals surface area (Å²) in [6, 6.07) is 0.342. The van der Waals surface area contributed by atoms with Crippen LogP contribution in [0.3, 0.4) is 0 Å². The van der Waals surface area contributed by atoms with Gasteiger partial charge in [0, 0.05) is 0 Å². The van der Waals surface area contributed by atoms with E-state index in [2.05, 4.69) is 24.1 Å². The molecule has 0 saturated carbocycles. The van der Waals surface area contributed by atoms with E-state index in [9.17, 15) is 0 Å². The lowest BCUT2D eigenvalue weighted by molar-refractivity contribution is 0.240. The van der Waals surface area contributed by atoms with Gasteiger partial charge < -0.3 is 4.74 Å². The number of nitrogens with zero attached hydrogens (tertiary/aromatic N) is 1. The van der Waals surface area contributed by atoms with Crippen molar-refractivity contribution in [3.63, 3.8) is 0 Å². The van der Waals surface area contributed by atoms with Crippen LogP contribution < -0.4 is 0 Å². The van der Waals surface area contributed by atoms with Crippen molar-refractivity contribution in [1.82, 2.24) is 0 Å². The maximum Gasteiger partial charge on any atom is 0.116 e. The molecular weight excluding hydrogens is 182 g/mol. The molecule has 2 nitrogen and oxygen atoms in total. The molecule has 0 radical (unpaired) electrons. The van der Waals surface area contributed by atoms with Crippen LogP contribution in [0.5, 0.6) is 0 Å². The lowest BCUT2D eigenvalue weighted by Crippen LogP contribution is -2.16. The Morgan fingerprint density at radius 2 is 2.46 bits per heavy atom. The highest BCUT2D eigenvalue weighted by Crippen LogP contribution is 2.32. The van der Waals surface area contributed by atoms with Crippen molar-refractivity contribution in [3.05, 3.63) is 24.0 Å². The normalized spacial score (nSPS) is 30.9. The van der Waals surface area contributed by atoms with Gasteiger partial charge in [0.1, 0.15) is 5.76 Å². The zero-order chi connectivity index (χ0) is 9.26. The molecule has 0 N–H and O–H groups in total. The highest BCUT2D eigenvalue weighted by Gasteiger charge is 2.27. The third-order valence-corrected chi connectivity index (χ3v) is 3.20. The number of fused-ring (bicyclic) bond motifs is 1. The summed E-state index contributed by atoms with van der Waals surface area (Å²) in [7, 11) is 0. The van der Waals surface area contributed by atoms with E-state index in [0.29, 0.717) is 11.3 Å². The molecule has 2 rings (SSSR count). The summed E-state index contributed by atoms with van der Waals surface area (Å²) in [6.45, 7) is 4.80. The second-order valence-electron chi connectivity index (χ2n) is 3.08. The molecule has 1 heterocycles. The zero-order valence-electron chi connectivity index (χ0n) is 7.86. The molecule has 0 aromatic rings. The number of hydrogen-bond donors (Lipinski definition) is 0.